The maximum Gasteiger partial charge on any atom is 0.303 e. The first kappa shape index (κ1) is 37.1. The van der Waals surface area contributed by atoms with Gasteiger partial charge in [-0.05, 0) is 97.4 Å². The van der Waals surface area contributed by atoms with Crippen LogP contribution in [0, 0.1) is 20.8 Å². The third-order valence-electron chi connectivity index (χ3n) is 8.24. The summed E-state index contributed by atoms with van der Waals surface area (Å²) >= 11 is 0. The molecule has 3 unspecified atom stereocenters. The monoisotopic (exact) mass is 591 g/mol. The molecule has 0 saturated carbocycles. The van der Waals surface area contributed by atoms with Crippen LogP contribution in [0.3, 0.4) is 0 Å². The Hall–Kier alpha value is -2.94. The zero-order chi connectivity index (χ0) is 32.6. The van der Waals surface area contributed by atoms with Crippen molar-refractivity contribution in [1.29, 1.82) is 0 Å². The van der Waals surface area contributed by atoms with Crippen molar-refractivity contribution in [3.8, 4) is 11.5 Å². The van der Waals surface area contributed by atoms with Crippen molar-refractivity contribution in [3.63, 3.8) is 0 Å². The van der Waals surface area contributed by atoms with Crippen LogP contribution in [-0.4, -0.2) is 70.9 Å². The Bertz CT molecular complexity index is 1120. The van der Waals surface area contributed by atoms with Crippen LogP contribution in [0.5, 0.6) is 11.5 Å². The summed E-state index contributed by atoms with van der Waals surface area (Å²) in [5, 5.41) is 0. The molecular weight excluding hydrogens is 538 g/mol. The molecule has 0 aromatic heterocycles. The summed E-state index contributed by atoms with van der Waals surface area (Å²) in [5.74, 6) is 0.261. The van der Waals surface area contributed by atoms with E-state index in [9.17, 15) is 19.2 Å². The van der Waals surface area contributed by atoms with Gasteiger partial charge in [0.1, 0.15) is 29.8 Å². The fourth-order valence-electron chi connectivity index (χ4n) is 5.13. The van der Waals surface area contributed by atoms with Crippen molar-refractivity contribution in [3.05, 3.63) is 22.8 Å². The van der Waals surface area contributed by atoms with Gasteiger partial charge in [0.15, 0.2) is 17.5 Å². The molecule has 0 radical (unpaired) electrons. The molecule has 0 N–H and O–H groups in total. The molecule has 42 heavy (non-hydrogen) atoms. The van der Waals surface area contributed by atoms with Crippen molar-refractivity contribution in [2.75, 3.05) is 13.2 Å². The Labute approximate surface area is 252 Å². The first-order chi connectivity index (χ1) is 19.4. The number of hydrogen-bond acceptors (Lipinski definition) is 8. The van der Waals surface area contributed by atoms with Gasteiger partial charge in [-0.15, -0.1) is 0 Å². The molecule has 0 spiro atoms. The number of carbonyl (C=O) groups is 4. The van der Waals surface area contributed by atoms with E-state index in [-0.39, 0.29) is 36.7 Å². The molecule has 1 rings (SSSR count). The molecule has 1 aromatic rings. The molecule has 0 fully saturated rings. The molecule has 0 heterocycles. The van der Waals surface area contributed by atoms with Gasteiger partial charge in [0.25, 0.3) is 0 Å². The van der Waals surface area contributed by atoms with Crippen LogP contribution in [0.25, 0.3) is 0 Å². The normalized spacial score (nSPS) is 14.5. The molecule has 9 heteroatoms. The van der Waals surface area contributed by atoms with Gasteiger partial charge in [0.05, 0.1) is 6.54 Å². The maximum absolute atomic E-state index is 13.7. The lowest BCUT2D eigenvalue weighted by Crippen LogP contribution is -2.51. The van der Waals surface area contributed by atoms with Crippen molar-refractivity contribution in [2.24, 2.45) is 0 Å². The molecule has 1 amide bonds. The second kappa shape index (κ2) is 15.5. The quantitative estimate of drug-likeness (QED) is 0.208. The van der Waals surface area contributed by atoms with Crippen LogP contribution in [0.1, 0.15) is 105 Å². The summed E-state index contributed by atoms with van der Waals surface area (Å²) in [6.45, 7) is 23.1. The van der Waals surface area contributed by atoms with Gasteiger partial charge in [-0.1, -0.05) is 20.8 Å². The standard InChI is InChI=1S/C33H53NO8/c1-14-32(13,31(38)24(9)41-33(15-2,16-3)25(10)35)42-30-21(6)17-29(22(7)23(30)8)39-19-28(40-27(12)37)18-34(20(4)5)26(11)36/h17,20,24,28H,14-16,18-19H2,1-13H3. The van der Waals surface area contributed by atoms with E-state index in [0.717, 1.165) is 16.7 Å². The molecule has 0 aliphatic rings. The predicted molar refractivity (Wildman–Crippen MR) is 163 cm³/mol. The maximum atomic E-state index is 13.7. The van der Waals surface area contributed by atoms with Crippen molar-refractivity contribution in [2.45, 2.75) is 139 Å². The van der Waals surface area contributed by atoms with Crippen LogP contribution < -0.4 is 9.47 Å². The van der Waals surface area contributed by atoms with Crippen LogP contribution >= 0.6 is 0 Å². The summed E-state index contributed by atoms with van der Waals surface area (Å²) in [6, 6.07) is 1.78. The Kier molecular flexibility index (Phi) is 13.7. The van der Waals surface area contributed by atoms with Gasteiger partial charge in [-0.25, -0.2) is 0 Å². The van der Waals surface area contributed by atoms with E-state index in [1.165, 1.54) is 20.8 Å². The fourth-order valence-corrected chi connectivity index (χ4v) is 5.13. The Balaban J connectivity index is 3.26. The number of ether oxygens (including phenoxy) is 4. The number of carbonyl (C=O) groups excluding carboxylic acids is 4. The highest BCUT2D eigenvalue weighted by Crippen LogP contribution is 2.37. The Morgan fingerprint density at radius 3 is 1.90 bits per heavy atom. The smallest absolute Gasteiger partial charge is 0.303 e. The van der Waals surface area contributed by atoms with Crippen LogP contribution in [0.15, 0.2) is 6.07 Å². The number of nitrogens with zero attached hydrogens (tertiary/aromatic N) is 1. The van der Waals surface area contributed by atoms with Crippen molar-refractivity contribution < 1.29 is 38.1 Å². The van der Waals surface area contributed by atoms with E-state index in [0.29, 0.717) is 30.8 Å². The lowest BCUT2D eigenvalue weighted by Gasteiger charge is -2.36. The van der Waals surface area contributed by atoms with E-state index >= 15 is 0 Å². The average Bonchev–Trinajstić information content (AvgIpc) is 2.91. The number of esters is 1. The second-order valence-corrected chi connectivity index (χ2v) is 11.6. The number of Topliss-reactive ketones (excluding diaryl/α,β-unsaturated/α-hetero) is 2. The number of amides is 1. The van der Waals surface area contributed by atoms with Crippen molar-refractivity contribution >= 4 is 23.4 Å². The molecule has 3 atom stereocenters. The molecule has 1 aromatic carbocycles. The van der Waals surface area contributed by atoms with Crippen LogP contribution in [0.4, 0.5) is 0 Å². The van der Waals surface area contributed by atoms with Gasteiger partial charge in [-0.3, -0.25) is 19.2 Å². The SMILES string of the molecule is CCC(C)(Oc1c(C)cc(OCC(CN(C(C)=O)C(C)C)OC(C)=O)c(C)c1C)C(=O)C(C)OC(CC)(CC)C(C)=O. The molecular formula is C33H53NO8. The highest BCUT2D eigenvalue weighted by atomic mass is 16.6. The Morgan fingerprint density at radius 1 is 0.905 bits per heavy atom. The summed E-state index contributed by atoms with van der Waals surface area (Å²) in [4.78, 5) is 51.6. The van der Waals surface area contributed by atoms with E-state index in [2.05, 4.69) is 0 Å². The number of ketones is 2. The number of benzene rings is 1. The zero-order valence-electron chi connectivity index (χ0n) is 28.1. The van der Waals surface area contributed by atoms with Crippen molar-refractivity contribution in [1.82, 2.24) is 4.90 Å². The molecule has 0 bridgehead atoms. The van der Waals surface area contributed by atoms with Crippen LogP contribution in [-0.2, 0) is 28.7 Å². The number of hydrogen-bond donors (Lipinski definition) is 0. The van der Waals surface area contributed by atoms with E-state index in [4.69, 9.17) is 18.9 Å². The minimum absolute atomic E-state index is 0.0583. The number of rotatable bonds is 17. The molecule has 9 nitrogen and oxygen atoms in total. The van der Waals surface area contributed by atoms with Crippen LogP contribution in [0.2, 0.25) is 0 Å². The van der Waals surface area contributed by atoms with E-state index in [1.807, 2.05) is 61.5 Å². The zero-order valence-corrected chi connectivity index (χ0v) is 28.1. The first-order valence-corrected chi connectivity index (χ1v) is 15.0. The summed E-state index contributed by atoms with van der Waals surface area (Å²) in [7, 11) is 0. The average molecular weight is 592 g/mol. The molecule has 0 aliphatic heterocycles. The van der Waals surface area contributed by atoms with Gasteiger partial charge in [0, 0.05) is 19.9 Å². The molecule has 0 saturated heterocycles. The lowest BCUT2D eigenvalue weighted by atomic mass is 9.90. The minimum atomic E-state index is -1.19. The molecule has 238 valence electrons. The highest BCUT2D eigenvalue weighted by Gasteiger charge is 2.43. The van der Waals surface area contributed by atoms with Gasteiger partial charge < -0.3 is 23.8 Å². The topological polar surface area (TPSA) is 108 Å². The van der Waals surface area contributed by atoms with Gasteiger partial charge in [-0.2, -0.15) is 0 Å². The molecule has 0 aliphatic carbocycles. The van der Waals surface area contributed by atoms with E-state index in [1.54, 1.807) is 18.7 Å². The summed E-state index contributed by atoms with van der Waals surface area (Å²) in [6.07, 6.45) is -0.154. The lowest BCUT2D eigenvalue weighted by molar-refractivity contribution is -0.166. The first-order valence-electron chi connectivity index (χ1n) is 15.0. The Morgan fingerprint density at radius 2 is 1.48 bits per heavy atom. The van der Waals surface area contributed by atoms with Gasteiger partial charge >= 0.3 is 5.97 Å². The number of aryl methyl sites for hydroxylation is 1. The fraction of sp³-hybridized carbons (Fsp3) is 0.697. The third-order valence-corrected chi connectivity index (χ3v) is 8.24. The van der Waals surface area contributed by atoms with Gasteiger partial charge in [0.2, 0.25) is 11.7 Å². The highest BCUT2D eigenvalue weighted by molar-refractivity contribution is 5.92. The predicted octanol–water partition coefficient (Wildman–Crippen LogP) is 5.85. The van der Waals surface area contributed by atoms with E-state index < -0.39 is 29.4 Å². The third kappa shape index (κ3) is 9.03. The summed E-state index contributed by atoms with van der Waals surface area (Å²) < 4.78 is 24.2. The summed E-state index contributed by atoms with van der Waals surface area (Å²) in [5.41, 5.74) is 0.188. The largest absolute Gasteiger partial charge is 0.489 e. The second-order valence-electron chi connectivity index (χ2n) is 11.6. The minimum Gasteiger partial charge on any atom is -0.489 e.